The van der Waals surface area contributed by atoms with E-state index in [1.807, 2.05) is 20.8 Å². The van der Waals surface area contributed by atoms with Gasteiger partial charge in [-0.05, 0) is 23.1 Å². The van der Waals surface area contributed by atoms with E-state index in [-0.39, 0.29) is 10.3 Å². The zero-order valence-electron chi connectivity index (χ0n) is 10.2. The molecule has 0 atom stereocenters. The Kier molecular flexibility index (Phi) is 3.62. The van der Waals surface area contributed by atoms with Gasteiger partial charge in [0.2, 0.25) is 5.91 Å². The maximum atomic E-state index is 11.7. The Balaban J connectivity index is 3.08. The Hall–Kier alpha value is -1.36. The van der Waals surface area contributed by atoms with Gasteiger partial charge in [0, 0.05) is 0 Å². The molecule has 0 spiro atoms. The van der Waals surface area contributed by atoms with E-state index < -0.39 is 21.5 Å². The summed E-state index contributed by atoms with van der Waals surface area (Å²) in [5.74, 6) is -1.49. The molecule has 94 valence electrons. The lowest BCUT2D eigenvalue weighted by molar-refractivity contribution is -0.115. The fraction of sp³-hybridized carbons (Fsp3) is 0.417. The van der Waals surface area contributed by atoms with Gasteiger partial charge in [-0.25, -0.2) is 8.42 Å². The number of carbonyl (C=O) groups is 1. The van der Waals surface area contributed by atoms with Crippen molar-refractivity contribution in [2.24, 2.45) is 5.73 Å². The number of benzene rings is 1. The molecule has 0 bridgehead atoms. The smallest absolute Gasteiger partial charge is 0.233 e. The van der Waals surface area contributed by atoms with Crippen molar-refractivity contribution in [1.29, 1.82) is 0 Å². The average molecular weight is 255 g/mol. The number of rotatable bonds is 3. The summed E-state index contributed by atoms with van der Waals surface area (Å²) in [5, 5.41) is 0. The molecule has 0 radical (unpaired) electrons. The zero-order chi connectivity index (χ0) is 13.3. The van der Waals surface area contributed by atoms with E-state index in [0.29, 0.717) is 0 Å². The minimum Gasteiger partial charge on any atom is -0.369 e. The van der Waals surface area contributed by atoms with Gasteiger partial charge >= 0.3 is 0 Å². The van der Waals surface area contributed by atoms with Crippen LogP contribution in [-0.4, -0.2) is 20.1 Å². The molecule has 1 rings (SSSR count). The molecule has 0 aromatic heterocycles. The van der Waals surface area contributed by atoms with Crippen LogP contribution in [0.2, 0.25) is 0 Å². The van der Waals surface area contributed by atoms with Crippen LogP contribution in [0.3, 0.4) is 0 Å². The molecule has 5 heteroatoms. The van der Waals surface area contributed by atoms with Crippen LogP contribution >= 0.6 is 0 Å². The number of carbonyl (C=O) groups excluding carboxylic acids is 1. The van der Waals surface area contributed by atoms with Crippen LogP contribution in [0, 0.1) is 0 Å². The monoisotopic (exact) mass is 255 g/mol. The van der Waals surface area contributed by atoms with Crippen molar-refractivity contribution in [2.45, 2.75) is 31.1 Å². The van der Waals surface area contributed by atoms with Crippen LogP contribution < -0.4 is 5.73 Å². The van der Waals surface area contributed by atoms with E-state index in [1.54, 1.807) is 12.1 Å². The van der Waals surface area contributed by atoms with E-state index >= 15 is 0 Å². The van der Waals surface area contributed by atoms with E-state index in [0.717, 1.165) is 5.56 Å². The van der Waals surface area contributed by atoms with Gasteiger partial charge in [0.1, 0.15) is 5.75 Å². The normalized spacial score (nSPS) is 12.4. The Labute approximate surface area is 102 Å². The SMILES string of the molecule is CC(C)(C)c1ccc(S(=O)(=O)CC(N)=O)cc1. The molecule has 0 aliphatic carbocycles. The van der Waals surface area contributed by atoms with Crippen LogP contribution in [0.1, 0.15) is 26.3 Å². The number of hydrogen-bond donors (Lipinski definition) is 1. The predicted molar refractivity (Wildman–Crippen MR) is 66.4 cm³/mol. The lowest BCUT2D eigenvalue weighted by Crippen LogP contribution is -2.23. The molecule has 0 heterocycles. The summed E-state index contributed by atoms with van der Waals surface area (Å²) in [4.78, 5) is 10.8. The Morgan fingerprint density at radius 1 is 1.18 bits per heavy atom. The quantitative estimate of drug-likeness (QED) is 0.882. The first kappa shape index (κ1) is 13.7. The summed E-state index contributed by atoms with van der Waals surface area (Å²) in [6, 6.07) is 6.54. The summed E-state index contributed by atoms with van der Waals surface area (Å²) in [6.45, 7) is 6.12. The van der Waals surface area contributed by atoms with Crippen LogP contribution in [0.15, 0.2) is 29.2 Å². The molecule has 0 saturated carbocycles. The molecule has 0 fully saturated rings. The molecule has 0 aliphatic heterocycles. The number of sulfone groups is 1. The topological polar surface area (TPSA) is 77.2 Å². The molecule has 0 aliphatic rings. The summed E-state index contributed by atoms with van der Waals surface area (Å²) in [5.41, 5.74) is 5.90. The highest BCUT2D eigenvalue weighted by molar-refractivity contribution is 7.92. The number of hydrogen-bond acceptors (Lipinski definition) is 3. The van der Waals surface area contributed by atoms with Gasteiger partial charge in [0.25, 0.3) is 0 Å². The fourth-order valence-corrected chi connectivity index (χ4v) is 2.52. The van der Waals surface area contributed by atoms with Crippen LogP contribution in [0.25, 0.3) is 0 Å². The second-order valence-corrected chi connectivity index (χ2v) is 6.99. The number of primary amides is 1. The highest BCUT2D eigenvalue weighted by atomic mass is 32.2. The van der Waals surface area contributed by atoms with Crippen molar-refractivity contribution < 1.29 is 13.2 Å². The first-order valence-corrected chi connectivity index (χ1v) is 6.90. The molecule has 1 aromatic carbocycles. The lowest BCUT2D eigenvalue weighted by Gasteiger charge is -2.19. The molecule has 1 amide bonds. The molecule has 1 aromatic rings. The second-order valence-electron chi connectivity index (χ2n) is 5.00. The van der Waals surface area contributed by atoms with Gasteiger partial charge < -0.3 is 5.73 Å². The van der Waals surface area contributed by atoms with E-state index in [9.17, 15) is 13.2 Å². The predicted octanol–water partition coefficient (Wildman–Crippen LogP) is 1.24. The second kappa shape index (κ2) is 4.49. The standard InChI is InChI=1S/C12H17NO3S/c1-12(2,3)9-4-6-10(7-5-9)17(15,16)8-11(13)14/h4-7H,8H2,1-3H3,(H2,13,14). The molecule has 4 nitrogen and oxygen atoms in total. The van der Waals surface area contributed by atoms with Gasteiger partial charge in [-0.15, -0.1) is 0 Å². The van der Waals surface area contributed by atoms with E-state index in [1.165, 1.54) is 12.1 Å². The van der Waals surface area contributed by atoms with Gasteiger partial charge in [0.15, 0.2) is 9.84 Å². The summed E-state index contributed by atoms with van der Waals surface area (Å²) >= 11 is 0. The Morgan fingerprint density at radius 2 is 1.65 bits per heavy atom. The van der Waals surface area contributed by atoms with Crippen molar-refractivity contribution in [2.75, 3.05) is 5.75 Å². The molecule has 0 unspecified atom stereocenters. The lowest BCUT2D eigenvalue weighted by atomic mass is 9.87. The van der Waals surface area contributed by atoms with Crippen LogP contribution in [0.4, 0.5) is 0 Å². The van der Waals surface area contributed by atoms with Crippen molar-refractivity contribution in [1.82, 2.24) is 0 Å². The Bertz CT molecular complexity index is 510. The van der Waals surface area contributed by atoms with Crippen molar-refractivity contribution in [3.05, 3.63) is 29.8 Å². The highest BCUT2D eigenvalue weighted by Gasteiger charge is 2.19. The summed E-state index contributed by atoms with van der Waals surface area (Å²) < 4.78 is 23.4. The molecule has 0 saturated heterocycles. The molecule has 17 heavy (non-hydrogen) atoms. The third-order valence-corrected chi connectivity index (χ3v) is 4.07. The molecular weight excluding hydrogens is 238 g/mol. The third-order valence-electron chi connectivity index (χ3n) is 2.41. The highest BCUT2D eigenvalue weighted by Crippen LogP contribution is 2.23. The number of nitrogens with two attached hydrogens (primary N) is 1. The average Bonchev–Trinajstić information content (AvgIpc) is 2.14. The van der Waals surface area contributed by atoms with Gasteiger partial charge in [-0.1, -0.05) is 32.9 Å². The minimum absolute atomic E-state index is 0.0357. The Morgan fingerprint density at radius 3 is 2.00 bits per heavy atom. The van der Waals surface area contributed by atoms with E-state index in [2.05, 4.69) is 0 Å². The number of amides is 1. The zero-order valence-corrected chi connectivity index (χ0v) is 11.0. The first-order valence-electron chi connectivity index (χ1n) is 5.24. The maximum absolute atomic E-state index is 11.7. The summed E-state index contributed by atoms with van der Waals surface area (Å²) in [6.07, 6.45) is 0. The maximum Gasteiger partial charge on any atom is 0.233 e. The fourth-order valence-electron chi connectivity index (χ4n) is 1.43. The molecular formula is C12H17NO3S. The van der Waals surface area contributed by atoms with Gasteiger partial charge in [-0.2, -0.15) is 0 Å². The van der Waals surface area contributed by atoms with Gasteiger partial charge in [-0.3, -0.25) is 4.79 Å². The largest absolute Gasteiger partial charge is 0.369 e. The van der Waals surface area contributed by atoms with Crippen molar-refractivity contribution >= 4 is 15.7 Å². The van der Waals surface area contributed by atoms with Crippen LogP contribution in [0.5, 0.6) is 0 Å². The van der Waals surface area contributed by atoms with E-state index in [4.69, 9.17) is 5.73 Å². The molecule has 2 N–H and O–H groups in total. The minimum atomic E-state index is -3.60. The van der Waals surface area contributed by atoms with Gasteiger partial charge in [0.05, 0.1) is 4.90 Å². The van der Waals surface area contributed by atoms with Crippen molar-refractivity contribution in [3.8, 4) is 0 Å². The third kappa shape index (κ3) is 3.56. The first-order chi connectivity index (χ1) is 7.63. The van der Waals surface area contributed by atoms with Crippen LogP contribution in [-0.2, 0) is 20.0 Å². The van der Waals surface area contributed by atoms with Crippen molar-refractivity contribution in [3.63, 3.8) is 0 Å². The summed E-state index contributed by atoms with van der Waals surface area (Å²) in [7, 11) is -3.60.